The Kier molecular flexibility index (Phi) is 10.9. The number of carbonyl (C=O) groups is 4. The average Bonchev–Trinajstić information content (AvgIpc) is 3.34. The standard InChI is InChI=1S/C24H37N5O6/c1-14(2)12-19(29-21(31)17-7-5-11-26-17)23(33)28-18(6-3-4-10-25)22(32)27-15-8-9-20(30)16(13-15)24(34)35/h8-9,13-14,17-19,26,30H,3-7,10-12,25H2,1-2H3,(H,27,32)(H,28,33)(H,29,31)(H,34,35)/t17-,18+,19+/m1/s1. The number of nitrogens with one attached hydrogen (secondary N) is 4. The van der Waals surface area contributed by atoms with Crippen molar-refractivity contribution in [2.24, 2.45) is 11.7 Å². The van der Waals surface area contributed by atoms with Gasteiger partial charge in [0.25, 0.3) is 0 Å². The molecule has 1 aliphatic heterocycles. The van der Waals surface area contributed by atoms with E-state index in [1.807, 2.05) is 13.8 Å². The second kappa shape index (κ2) is 13.6. The maximum atomic E-state index is 13.2. The molecule has 0 saturated carbocycles. The average molecular weight is 492 g/mol. The molecule has 0 bridgehead atoms. The number of phenols is 1. The lowest BCUT2D eigenvalue weighted by molar-refractivity contribution is -0.132. The highest BCUT2D eigenvalue weighted by molar-refractivity contribution is 6.00. The summed E-state index contributed by atoms with van der Waals surface area (Å²) in [6.07, 6.45) is 3.55. The molecule has 11 heteroatoms. The van der Waals surface area contributed by atoms with E-state index in [-0.39, 0.29) is 29.1 Å². The van der Waals surface area contributed by atoms with Crippen LogP contribution in [-0.2, 0) is 14.4 Å². The molecule has 194 valence electrons. The molecule has 2 rings (SSSR count). The van der Waals surface area contributed by atoms with Gasteiger partial charge in [0, 0.05) is 5.69 Å². The van der Waals surface area contributed by atoms with Gasteiger partial charge in [0.15, 0.2) is 0 Å². The lowest BCUT2D eigenvalue weighted by atomic mass is 10.0. The Morgan fingerprint density at radius 3 is 2.46 bits per heavy atom. The van der Waals surface area contributed by atoms with E-state index in [0.717, 1.165) is 19.0 Å². The molecule has 1 fully saturated rings. The largest absolute Gasteiger partial charge is 0.507 e. The minimum atomic E-state index is -1.34. The van der Waals surface area contributed by atoms with Crippen LogP contribution in [0.25, 0.3) is 0 Å². The van der Waals surface area contributed by atoms with E-state index in [4.69, 9.17) is 5.73 Å². The Morgan fingerprint density at radius 2 is 1.86 bits per heavy atom. The molecule has 0 unspecified atom stereocenters. The molecule has 0 aliphatic carbocycles. The maximum Gasteiger partial charge on any atom is 0.339 e. The lowest BCUT2D eigenvalue weighted by Gasteiger charge is -2.25. The number of nitrogens with two attached hydrogens (primary N) is 1. The highest BCUT2D eigenvalue weighted by atomic mass is 16.4. The van der Waals surface area contributed by atoms with Crippen molar-refractivity contribution in [2.45, 2.75) is 70.5 Å². The predicted octanol–water partition coefficient (Wildman–Crippen LogP) is 0.926. The van der Waals surface area contributed by atoms with Crippen molar-refractivity contribution >= 4 is 29.4 Å². The van der Waals surface area contributed by atoms with Crippen LogP contribution >= 0.6 is 0 Å². The van der Waals surface area contributed by atoms with Crippen molar-refractivity contribution in [3.8, 4) is 5.75 Å². The molecule has 11 nitrogen and oxygen atoms in total. The first-order valence-electron chi connectivity index (χ1n) is 12.0. The molecule has 1 aromatic carbocycles. The topological polar surface area (TPSA) is 183 Å². The summed E-state index contributed by atoms with van der Waals surface area (Å²) < 4.78 is 0. The van der Waals surface area contributed by atoms with Gasteiger partial charge in [0.2, 0.25) is 17.7 Å². The molecule has 1 saturated heterocycles. The number of benzene rings is 1. The summed E-state index contributed by atoms with van der Waals surface area (Å²) >= 11 is 0. The van der Waals surface area contributed by atoms with Gasteiger partial charge in [-0.2, -0.15) is 0 Å². The normalized spacial score (nSPS) is 17.0. The zero-order valence-electron chi connectivity index (χ0n) is 20.3. The fraction of sp³-hybridized carbons (Fsp3) is 0.583. The van der Waals surface area contributed by atoms with Crippen LogP contribution in [0.3, 0.4) is 0 Å². The van der Waals surface area contributed by atoms with Crippen LogP contribution in [0.2, 0.25) is 0 Å². The Balaban J connectivity index is 2.14. The van der Waals surface area contributed by atoms with Crippen molar-refractivity contribution in [3.05, 3.63) is 23.8 Å². The molecule has 3 atom stereocenters. The maximum absolute atomic E-state index is 13.2. The summed E-state index contributed by atoms with van der Waals surface area (Å²) in [5.41, 5.74) is 5.39. The number of anilines is 1. The van der Waals surface area contributed by atoms with E-state index in [9.17, 15) is 29.4 Å². The zero-order valence-corrected chi connectivity index (χ0v) is 20.3. The number of hydrogen-bond donors (Lipinski definition) is 7. The molecular weight excluding hydrogens is 454 g/mol. The fourth-order valence-corrected chi connectivity index (χ4v) is 3.93. The number of amides is 3. The van der Waals surface area contributed by atoms with Gasteiger partial charge in [-0.25, -0.2) is 4.79 Å². The van der Waals surface area contributed by atoms with Crippen molar-refractivity contribution in [3.63, 3.8) is 0 Å². The number of rotatable bonds is 13. The number of unbranched alkanes of at least 4 members (excludes halogenated alkanes) is 1. The molecule has 0 aromatic heterocycles. The summed E-state index contributed by atoms with van der Waals surface area (Å²) in [4.78, 5) is 50.1. The second-order valence-corrected chi connectivity index (χ2v) is 9.21. The van der Waals surface area contributed by atoms with E-state index < -0.39 is 35.6 Å². The molecule has 8 N–H and O–H groups in total. The van der Waals surface area contributed by atoms with E-state index >= 15 is 0 Å². The number of hydrogen-bond acceptors (Lipinski definition) is 7. The van der Waals surface area contributed by atoms with Crippen molar-refractivity contribution < 1.29 is 29.4 Å². The van der Waals surface area contributed by atoms with Gasteiger partial charge in [-0.05, 0) is 75.7 Å². The summed E-state index contributed by atoms with van der Waals surface area (Å²) in [7, 11) is 0. The summed E-state index contributed by atoms with van der Waals surface area (Å²) in [6, 6.07) is 1.62. The van der Waals surface area contributed by atoms with Crippen LogP contribution in [0, 0.1) is 5.92 Å². The Hall–Kier alpha value is -3.18. The number of carboxylic acids is 1. The monoisotopic (exact) mass is 491 g/mol. The van der Waals surface area contributed by atoms with E-state index in [2.05, 4.69) is 21.3 Å². The number of carboxylic acid groups (broad SMARTS) is 1. The SMILES string of the molecule is CC(C)C[C@H](NC(=O)[C@H]1CCCN1)C(=O)N[C@@H](CCCCN)C(=O)Nc1ccc(O)c(C(=O)O)c1. The van der Waals surface area contributed by atoms with Gasteiger partial charge >= 0.3 is 5.97 Å². The number of aromatic carboxylic acids is 1. The third kappa shape index (κ3) is 8.84. The van der Waals surface area contributed by atoms with Crippen molar-refractivity contribution in [1.82, 2.24) is 16.0 Å². The number of carbonyl (C=O) groups excluding carboxylic acids is 3. The van der Waals surface area contributed by atoms with Crippen LogP contribution in [0.1, 0.15) is 62.7 Å². The molecule has 3 amide bonds. The molecule has 0 spiro atoms. The highest BCUT2D eigenvalue weighted by Gasteiger charge is 2.30. The van der Waals surface area contributed by atoms with Gasteiger partial charge in [-0.3, -0.25) is 14.4 Å². The first kappa shape index (κ1) is 28.1. The minimum Gasteiger partial charge on any atom is -0.507 e. The summed E-state index contributed by atoms with van der Waals surface area (Å²) in [5.74, 6) is -2.88. The van der Waals surface area contributed by atoms with Crippen molar-refractivity contribution in [1.29, 1.82) is 0 Å². The Morgan fingerprint density at radius 1 is 1.11 bits per heavy atom. The van der Waals surface area contributed by atoms with E-state index in [1.165, 1.54) is 12.1 Å². The zero-order chi connectivity index (χ0) is 26.0. The fourth-order valence-electron chi connectivity index (χ4n) is 3.93. The van der Waals surface area contributed by atoms with Crippen LogP contribution < -0.4 is 27.0 Å². The smallest absolute Gasteiger partial charge is 0.339 e. The van der Waals surface area contributed by atoms with Gasteiger partial charge in [0.05, 0.1) is 6.04 Å². The predicted molar refractivity (Wildman–Crippen MR) is 131 cm³/mol. The lowest BCUT2D eigenvalue weighted by Crippen LogP contribution is -2.55. The first-order valence-corrected chi connectivity index (χ1v) is 12.0. The van der Waals surface area contributed by atoms with Crippen LogP contribution in [0.4, 0.5) is 5.69 Å². The van der Waals surface area contributed by atoms with Gasteiger partial charge in [0.1, 0.15) is 23.4 Å². The highest BCUT2D eigenvalue weighted by Crippen LogP contribution is 2.22. The summed E-state index contributed by atoms with van der Waals surface area (Å²) in [5, 5.41) is 30.2. The van der Waals surface area contributed by atoms with E-state index in [1.54, 1.807) is 0 Å². The molecule has 0 radical (unpaired) electrons. The van der Waals surface area contributed by atoms with Crippen LogP contribution in [-0.4, -0.2) is 65.1 Å². The second-order valence-electron chi connectivity index (χ2n) is 9.21. The molecular formula is C24H37N5O6. The minimum absolute atomic E-state index is 0.124. The van der Waals surface area contributed by atoms with Crippen LogP contribution in [0.5, 0.6) is 5.75 Å². The summed E-state index contributed by atoms with van der Waals surface area (Å²) in [6.45, 7) is 5.07. The molecule has 1 aliphatic rings. The first-order chi connectivity index (χ1) is 16.6. The quantitative estimate of drug-likeness (QED) is 0.157. The van der Waals surface area contributed by atoms with Crippen molar-refractivity contribution in [2.75, 3.05) is 18.4 Å². The molecule has 1 heterocycles. The van der Waals surface area contributed by atoms with Gasteiger partial charge in [-0.1, -0.05) is 13.8 Å². The van der Waals surface area contributed by atoms with Gasteiger partial charge in [-0.15, -0.1) is 0 Å². The third-order valence-electron chi connectivity index (χ3n) is 5.79. The Bertz CT molecular complexity index is 900. The van der Waals surface area contributed by atoms with Gasteiger partial charge < -0.3 is 37.2 Å². The molecule has 1 aromatic rings. The third-order valence-corrected chi connectivity index (χ3v) is 5.79. The Labute approximate surface area is 205 Å². The van der Waals surface area contributed by atoms with Crippen LogP contribution in [0.15, 0.2) is 18.2 Å². The molecule has 35 heavy (non-hydrogen) atoms. The van der Waals surface area contributed by atoms with E-state index in [0.29, 0.717) is 38.6 Å². The number of aromatic hydroxyl groups is 1.